The van der Waals surface area contributed by atoms with Crippen LogP contribution in [0.5, 0.6) is 0 Å². The molecule has 3 nitrogen and oxygen atoms in total. The fourth-order valence-electron chi connectivity index (χ4n) is 2.87. The fraction of sp³-hybridized carbons (Fsp3) is 0.235. The topological polar surface area (TPSA) is 55.1 Å². The highest BCUT2D eigenvalue weighted by Crippen LogP contribution is 2.32. The van der Waals surface area contributed by atoms with Crippen LogP contribution < -0.4 is 11.1 Å². The van der Waals surface area contributed by atoms with E-state index in [1.165, 1.54) is 11.1 Å². The SMILES string of the molecule is Cc1cc(N)c(NC(=O)C2Cc3ccccc3C2)c(Br)c1. The second-order valence-corrected chi connectivity index (χ2v) is 6.43. The van der Waals surface area contributed by atoms with Gasteiger partial charge in [-0.15, -0.1) is 0 Å². The number of carbonyl (C=O) groups is 1. The van der Waals surface area contributed by atoms with Crippen LogP contribution in [0.15, 0.2) is 40.9 Å². The molecule has 1 aliphatic carbocycles. The van der Waals surface area contributed by atoms with Crippen LogP contribution >= 0.6 is 15.9 Å². The van der Waals surface area contributed by atoms with Crippen LogP contribution in [-0.4, -0.2) is 5.91 Å². The second-order valence-electron chi connectivity index (χ2n) is 5.57. The molecule has 2 aromatic rings. The van der Waals surface area contributed by atoms with Gasteiger partial charge in [0.25, 0.3) is 0 Å². The predicted octanol–water partition coefficient (Wildman–Crippen LogP) is 3.69. The molecule has 0 spiro atoms. The van der Waals surface area contributed by atoms with Crippen LogP contribution in [0.3, 0.4) is 0 Å². The van der Waals surface area contributed by atoms with Crippen molar-refractivity contribution in [2.24, 2.45) is 5.92 Å². The molecular weight excluding hydrogens is 328 g/mol. The summed E-state index contributed by atoms with van der Waals surface area (Å²) in [5, 5.41) is 2.97. The first-order chi connectivity index (χ1) is 10.0. The van der Waals surface area contributed by atoms with E-state index in [0.29, 0.717) is 11.4 Å². The maximum Gasteiger partial charge on any atom is 0.228 e. The Bertz CT molecular complexity index is 664. The Kier molecular flexibility index (Phi) is 3.72. The van der Waals surface area contributed by atoms with Crippen molar-refractivity contribution in [3.05, 3.63) is 57.6 Å². The molecule has 1 amide bonds. The minimum Gasteiger partial charge on any atom is -0.397 e. The van der Waals surface area contributed by atoms with Crippen LogP contribution in [0.2, 0.25) is 0 Å². The van der Waals surface area contributed by atoms with Gasteiger partial charge in [-0.3, -0.25) is 4.79 Å². The molecule has 0 unspecified atom stereocenters. The highest BCUT2D eigenvalue weighted by molar-refractivity contribution is 9.10. The number of amides is 1. The molecular formula is C17H17BrN2O. The Labute approximate surface area is 132 Å². The van der Waals surface area contributed by atoms with E-state index in [1.807, 2.05) is 31.2 Å². The van der Waals surface area contributed by atoms with Gasteiger partial charge in [0, 0.05) is 10.4 Å². The smallest absolute Gasteiger partial charge is 0.228 e. The summed E-state index contributed by atoms with van der Waals surface area (Å²) >= 11 is 3.47. The highest BCUT2D eigenvalue weighted by Gasteiger charge is 2.27. The molecule has 1 aliphatic rings. The number of fused-ring (bicyclic) bond motifs is 1. The Balaban J connectivity index is 1.77. The molecule has 2 aromatic carbocycles. The number of benzene rings is 2. The maximum atomic E-state index is 12.5. The van der Waals surface area contributed by atoms with E-state index >= 15 is 0 Å². The van der Waals surface area contributed by atoms with Gasteiger partial charge in [-0.25, -0.2) is 0 Å². The van der Waals surface area contributed by atoms with Crippen LogP contribution in [0.25, 0.3) is 0 Å². The standard InChI is InChI=1S/C17H17BrN2O/c1-10-6-14(18)16(15(19)7-10)20-17(21)13-8-11-4-2-3-5-12(11)9-13/h2-7,13H,8-9,19H2,1H3,(H,20,21). The van der Waals surface area contributed by atoms with Crippen molar-refractivity contribution in [3.63, 3.8) is 0 Å². The molecule has 0 saturated heterocycles. The number of halogens is 1. The third-order valence-electron chi connectivity index (χ3n) is 3.94. The first kappa shape index (κ1) is 14.1. The summed E-state index contributed by atoms with van der Waals surface area (Å²) in [7, 11) is 0. The number of aryl methyl sites for hydroxylation is 1. The molecule has 3 rings (SSSR count). The van der Waals surface area contributed by atoms with Gasteiger partial charge >= 0.3 is 0 Å². The predicted molar refractivity (Wildman–Crippen MR) is 89.3 cm³/mol. The molecule has 108 valence electrons. The van der Waals surface area contributed by atoms with E-state index in [-0.39, 0.29) is 11.8 Å². The van der Waals surface area contributed by atoms with Gasteiger partial charge in [0.2, 0.25) is 5.91 Å². The van der Waals surface area contributed by atoms with Crippen LogP contribution in [0, 0.1) is 12.8 Å². The number of nitrogens with two attached hydrogens (primary N) is 1. The van der Waals surface area contributed by atoms with Crippen molar-refractivity contribution in [3.8, 4) is 0 Å². The van der Waals surface area contributed by atoms with Gasteiger partial charge in [-0.05, 0) is 64.5 Å². The van der Waals surface area contributed by atoms with E-state index in [0.717, 1.165) is 22.9 Å². The zero-order valence-corrected chi connectivity index (χ0v) is 13.4. The Morgan fingerprint density at radius 2 is 1.86 bits per heavy atom. The van der Waals surface area contributed by atoms with Crippen molar-refractivity contribution in [1.82, 2.24) is 0 Å². The summed E-state index contributed by atoms with van der Waals surface area (Å²) < 4.78 is 0.823. The fourth-order valence-corrected chi connectivity index (χ4v) is 3.56. The van der Waals surface area contributed by atoms with Gasteiger partial charge in [0.05, 0.1) is 11.4 Å². The zero-order chi connectivity index (χ0) is 15.0. The van der Waals surface area contributed by atoms with E-state index < -0.39 is 0 Å². The summed E-state index contributed by atoms with van der Waals surface area (Å²) in [5.74, 6) is 0.0115. The molecule has 0 heterocycles. The quantitative estimate of drug-likeness (QED) is 0.816. The summed E-state index contributed by atoms with van der Waals surface area (Å²) in [4.78, 5) is 12.5. The summed E-state index contributed by atoms with van der Waals surface area (Å²) in [6.45, 7) is 1.97. The normalized spacial score (nSPS) is 14.0. The molecule has 0 aromatic heterocycles. The Hall–Kier alpha value is -1.81. The summed E-state index contributed by atoms with van der Waals surface area (Å²) in [6, 6.07) is 12.1. The van der Waals surface area contributed by atoms with Gasteiger partial charge < -0.3 is 11.1 Å². The van der Waals surface area contributed by atoms with E-state index in [9.17, 15) is 4.79 Å². The molecule has 0 atom stereocenters. The number of nitrogen functional groups attached to an aromatic ring is 1. The van der Waals surface area contributed by atoms with Crippen LogP contribution in [-0.2, 0) is 17.6 Å². The first-order valence-corrected chi connectivity index (χ1v) is 7.77. The van der Waals surface area contributed by atoms with E-state index in [2.05, 4.69) is 33.4 Å². The van der Waals surface area contributed by atoms with Crippen LogP contribution in [0.1, 0.15) is 16.7 Å². The van der Waals surface area contributed by atoms with Gasteiger partial charge in [0.1, 0.15) is 0 Å². The molecule has 4 heteroatoms. The lowest BCUT2D eigenvalue weighted by Crippen LogP contribution is -2.24. The average Bonchev–Trinajstić information content (AvgIpc) is 2.86. The lowest BCUT2D eigenvalue weighted by Gasteiger charge is -2.14. The van der Waals surface area contributed by atoms with Crippen molar-refractivity contribution < 1.29 is 4.79 Å². The van der Waals surface area contributed by atoms with E-state index in [1.54, 1.807) is 0 Å². The summed E-state index contributed by atoms with van der Waals surface area (Å²) in [6.07, 6.45) is 1.59. The number of nitrogens with one attached hydrogen (secondary N) is 1. The monoisotopic (exact) mass is 344 g/mol. The number of hydrogen-bond acceptors (Lipinski definition) is 2. The molecule has 0 fully saturated rings. The number of anilines is 2. The van der Waals surface area contributed by atoms with Crippen molar-refractivity contribution >= 4 is 33.2 Å². The maximum absolute atomic E-state index is 12.5. The van der Waals surface area contributed by atoms with Crippen molar-refractivity contribution in [1.29, 1.82) is 0 Å². The van der Waals surface area contributed by atoms with Gasteiger partial charge in [0.15, 0.2) is 0 Å². The zero-order valence-electron chi connectivity index (χ0n) is 11.8. The molecule has 0 aliphatic heterocycles. The molecule has 0 radical (unpaired) electrons. The minimum absolute atomic E-state index is 0.0185. The first-order valence-electron chi connectivity index (χ1n) is 6.98. The average molecular weight is 345 g/mol. The Morgan fingerprint density at radius 1 is 1.24 bits per heavy atom. The largest absolute Gasteiger partial charge is 0.397 e. The van der Waals surface area contributed by atoms with Crippen molar-refractivity contribution in [2.75, 3.05) is 11.1 Å². The second kappa shape index (κ2) is 5.53. The minimum atomic E-state index is -0.0185. The highest BCUT2D eigenvalue weighted by atomic mass is 79.9. The number of carbonyl (C=O) groups excluding carboxylic acids is 1. The number of hydrogen-bond donors (Lipinski definition) is 2. The third-order valence-corrected chi connectivity index (χ3v) is 4.56. The Morgan fingerprint density at radius 3 is 2.43 bits per heavy atom. The molecule has 0 saturated carbocycles. The molecule has 3 N–H and O–H groups in total. The van der Waals surface area contributed by atoms with E-state index in [4.69, 9.17) is 5.73 Å². The number of rotatable bonds is 2. The molecule has 21 heavy (non-hydrogen) atoms. The summed E-state index contributed by atoms with van der Waals surface area (Å²) in [5.41, 5.74) is 10.9. The lowest BCUT2D eigenvalue weighted by atomic mass is 10.1. The molecule has 0 bridgehead atoms. The van der Waals surface area contributed by atoms with Gasteiger partial charge in [-0.2, -0.15) is 0 Å². The third kappa shape index (κ3) is 2.81. The van der Waals surface area contributed by atoms with Crippen molar-refractivity contribution in [2.45, 2.75) is 19.8 Å². The lowest BCUT2D eigenvalue weighted by molar-refractivity contribution is -0.119. The van der Waals surface area contributed by atoms with Crippen LogP contribution in [0.4, 0.5) is 11.4 Å². The van der Waals surface area contributed by atoms with Gasteiger partial charge in [-0.1, -0.05) is 24.3 Å².